The second kappa shape index (κ2) is 9.03. The number of hydrogen-bond acceptors (Lipinski definition) is 5. The molecule has 0 aromatic heterocycles. The maximum Gasteiger partial charge on any atom is 0.243 e. The van der Waals surface area contributed by atoms with Crippen molar-refractivity contribution in [2.45, 2.75) is 37.1 Å². The van der Waals surface area contributed by atoms with Crippen LogP contribution in [-0.4, -0.2) is 52.0 Å². The molecule has 1 fully saturated rings. The SMILES string of the molecule is COc1ccc(S(=O)(=O)N2CCC(C(=O)N3c4ccc(Br)cc4CC3C)CC2)cc1OC. The van der Waals surface area contributed by atoms with Gasteiger partial charge in [-0.1, -0.05) is 15.9 Å². The molecule has 0 saturated carbocycles. The number of piperidine rings is 1. The number of carbonyl (C=O) groups is 1. The highest BCUT2D eigenvalue weighted by molar-refractivity contribution is 9.10. The lowest BCUT2D eigenvalue weighted by Crippen LogP contribution is -2.46. The summed E-state index contributed by atoms with van der Waals surface area (Å²) in [6.45, 7) is 2.67. The van der Waals surface area contributed by atoms with Crippen molar-refractivity contribution in [2.75, 3.05) is 32.2 Å². The molecule has 1 saturated heterocycles. The van der Waals surface area contributed by atoms with E-state index < -0.39 is 10.0 Å². The maximum atomic E-state index is 13.4. The third-order valence-electron chi connectivity index (χ3n) is 6.29. The lowest BCUT2D eigenvalue weighted by atomic mass is 9.96. The number of carbonyl (C=O) groups excluding carboxylic acids is 1. The van der Waals surface area contributed by atoms with Crippen molar-refractivity contribution in [3.05, 3.63) is 46.4 Å². The summed E-state index contributed by atoms with van der Waals surface area (Å²) in [6, 6.07) is 10.7. The zero-order chi connectivity index (χ0) is 23.0. The van der Waals surface area contributed by atoms with Gasteiger partial charge in [-0.3, -0.25) is 4.79 Å². The molecule has 2 aliphatic heterocycles. The summed E-state index contributed by atoms with van der Waals surface area (Å²) in [4.78, 5) is 15.4. The van der Waals surface area contributed by atoms with Gasteiger partial charge < -0.3 is 14.4 Å². The van der Waals surface area contributed by atoms with E-state index in [0.29, 0.717) is 37.4 Å². The van der Waals surface area contributed by atoms with Crippen molar-refractivity contribution in [1.29, 1.82) is 0 Å². The molecule has 0 bridgehead atoms. The highest BCUT2D eigenvalue weighted by Gasteiger charge is 2.38. The van der Waals surface area contributed by atoms with Gasteiger partial charge in [-0.25, -0.2) is 8.42 Å². The van der Waals surface area contributed by atoms with Crippen molar-refractivity contribution in [2.24, 2.45) is 5.92 Å². The predicted molar refractivity (Wildman–Crippen MR) is 126 cm³/mol. The Morgan fingerprint density at radius 2 is 1.72 bits per heavy atom. The molecule has 32 heavy (non-hydrogen) atoms. The monoisotopic (exact) mass is 522 g/mol. The van der Waals surface area contributed by atoms with E-state index in [1.807, 2.05) is 17.0 Å². The molecule has 172 valence electrons. The molecule has 2 heterocycles. The molecule has 0 spiro atoms. The molecule has 2 aliphatic rings. The number of sulfonamides is 1. The molecule has 0 radical (unpaired) electrons. The normalized spacial score (nSPS) is 19.6. The Kier molecular flexibility index (Phi) is 6.51. The van der Waals surface area contributed by atoms with Crippen LogP contribution in [0.25, 0.3) is 0 Å². The van der Waals surface area contributed by atoms with Crippen molar-refractivity contribution in [1.82, 2.24) is 4.31 Å². The molecule has 0 N–H and O–H groups in total. The molecule has 1 atom stereocenters. The van der Waals surface area contributed by atoms with Gasteiger partial charge in [0.1, 0.15) is 0 Å². The van der Waals surface area contributed by atoms with E-state index in [4.69, 9.17) is 9.47 Å². The molecule has 0 aliphatic carbocycles. The Labute approximate surface area is 197 Å². The van der Waals surface area contributed by atoms with Gasteiger partial charge in [-0.05, 0) is 62.1 Å². The predicted octanol–water partition coefficient (Wildman–Crippen LogP) is 3.84. The summed E-state index contributed by atoms with van der Waals surface area (Å²) < 4.78 is 39.2. The Balaban J connectivity index is 1.47. The van der Waals surface area contributed by atoms with Crippen LogP contribution >= 0.6 is 15.9 Å². The zero-order valence-corrected chi connectivity index (χ0v) is 20.8. The number of fused-ring (bicyclic) bond motifs is 1. The smallest absolute Gasteiger partial charge is 0.243 e. The summed E-state index contributed by atoms with van der Waals surface area (Å²) in [6.07, 6.45) is 1.83. The first-order chi connectivity index (χ1) is 15.3. The number of methoxy groups -OCH3 is 2. The van der Waals surface area contributed by atoms with E-state index in [2.05, 4.69) is 28.9 Å². The minimum atomic E-state index is -3.68. The second-order valence-electron chi connectivity index (χ2n) is 8.23. The molecule has 2 aromatic carbocycles. The number of halogens is 1. The molecule has 4 rings (SSSR count). The van der Waals surface area contributed by atoms with Gasteiger partial charge in [0.2, 0.25) is 15.9 Å². The van der Waals surface area contributed by atoms with Crippen LogP contribution in [0.4, 0.5) is 5.69 Å². The number of anilines is 1. The number of hydrogen-bond donors (Lipinski definition) is 0. The number of ether oxygens (including phenoxy) is 2. The highest BCUT2D eigenvalue weighted by Crippen LogP contribution is 2.37. The van der Waals surface area contributed by atoms with Crippen molar-refractivity contribution >= 4 is 37.5 Å². The van der Waals surface area contributed by atoms with Crippen LogP contribution in [0.1, 0.15) is 25.3 Å². The van der Waals surface area contributed by atoms with Gasteiger partial charge in [0, 0.05) is 41.3 Å². The first-order valence-corrected chi connectivity index (χ1v) is 12.8. The van der Waals surface area contributed by atoms with Crippen LogP contribution < -0.4 is 14.4 Å². The van der Waals surface area contributed by atoms with Gasteiger partial charge in [-0.15, -0.1) is 0 Å². The van der Waals surface area contributed by atoms with Crippen LogP contribution in [0, 0.1) is 5.92 Å². The molecule has 1 unspecified atom stereocenters. The largest absolute Gasteiger partial charge is 0.493 e. The summed E-state index contributed by atoms with van der Waals surface area (Å²) in [5.74, 6) is 0.736. The van der Waals surface area contributed by atoms with Crippen LogP contribution in [-0.2, 0) is 21.2 Å². The molecule has 7 nitrogen and oxygen atoms in total. The van der Waals surface area contributed by atoms with Crippen LogP contribution in [0.3, 0.4) is 0 Å². The molecule has 9 heteroatoms. The Hall–Kier alpha value is -2.10. The summed E-state index contributed by atoms with van der Waals surface area (Å²) in [7, 11) is -0.704. The topological polar surface area (TPSA) is 76.2 Å². The lowest BCUT2D eigenvalue weighted by Gasteiger charge is -2.34. The lowest BCUT2D eigenvalue weighted by molar-refractivity contribution is -0.123. The fourth-order valence-corrected chi connectivity index (χ4v) is 6.50. The van der Waals surface area contributed by atoms with Crippen LogP contribution in [0.5, 0.6) is 11.5 Å². The molecular formula is C23H27BrN2O5S. The van der Waals surface area contributed by atoms with Gasteiger partial charge in [-0.2, -0.15) is 4.31 Å². The summed E-state index contributed by atoms with van der Waals surface area (Å²) in [5, 5.41) is 0. The Morgan fingerprint density at radius 3 is 2.38 bits per heavy atom. The quantitative estimate of drug-likeness (QED) is 0.596. The summed E-state index contributed by atoms with van der Waals surface area (Å²) >= 11 is 3.50. The number of benzene rings is 2. The van der Waals surface area contributed by atoms with E-state index in [9.17, 15) is 13.2 Å². The van der Waals surface area contributed by atoms with Crippen molar-refractivity contribution in [3.63, 3.8) is 0 Å². The van der Waals surface area contributed by atoms with Crippen LogP contribution in [0.2, 0.25) is 0 Å². The first kappa shape index (κ1) is 23.1. The number of nitrogens with zero attached hydrogens (tertiary/aromatic N) is 2. The van der Waals surface area contributed by atoms with Gasteiger partial charge >= 0.3 is 0 Å². The van der Waals surface area contributed by atoms with E-state index >= 15 is 0 Å². The average molecular weight is 523 g/mol. The molecule has 1 amide bonds. The first-order valence-electron chi connectivity index (χ1n) is 10.6. The maximum absolute atomic E-state index is 13.4. The number of amides is 1. The van der Waals surface area contributed by atoms with Gasteiger partial charge in [0.15, 0.2) is 11.5 Å². The highest BCUT2D eigenvalue weighted by atomic mass is 79.9. The fraction of sp³-hybridized carbons (Fsp3) is 0.435. The Bertz CT molecular complexity index is 1130. The molecular weight excluding hydrogens is 496 g/mol. The van der Waals surface area contributed by atoms with Crippen molar-refractivity contribution in [3.8, 4) is 11.5 Å². The Morgan fingerprint density at radius 1 is 1.03 bits per heavy atom. The summed E-state index contributed by atoms with van der Waals surface area (Å²) in [5.41, 5.74) is 2.12. The standard InChI is InChI=1S/C23H27BrN2O5S/c1-15-12-17-13-18(24)4-6-20(17)26(15)23(27)16-8-10-25(11-9-16)32(28,29)19-5-7-21(30-2)22(14-19)31-3/h4-7,13-16H,8-12H2,1-3H3. The van der Waals surface area contributed by atoms with E-state index in [0.717, 1.165) is 22.1 Å². The van der Waals surface area contributed by atoms with E-state index in [1.165, 1.54) is 30.7 Å². The minimum Gasteiger partial charge on any atom is -0.493 e. The van der Waals surface area contributed by atoms with Gasteiger partial charge in [0.05, 0.1) is 19.1 Å². The zero-order valence-electron chi connectivity index (χ0n) is 18.4. The minimum absolute atomic E-state index is 0.0849. The van der Waals surface area contributed by atoms with E-state index in [1.54, 1.807) is 6.07 Å². The third-order valence-corrected chi connectivity index (χ3v) is 8.68. The second-order valence-corrected chi connectivity index (χ2v) is 11.1. The average Bonchev–Trinajstić information content (AvgIpc) is 3.12. The van der Waals surface area contributed by atoms with Gasteiger partial charge in [0.25, 0.3) is 0 Å². The van der Waals surface area contributed by atoms with Crippen LogP contribution in [0.15, 0.2) is 45.8 Å². The van der Waals surface area contributed by atoms with E-state index in [-0.39, 0.29) is 22.8 Å². The molecule has 2 aromatic rings. The number of rotatable bonds is 5. The fourth-order valence-electron chi connectivity index (χ4n) is 4.60. The van der Waals surface area contributed by atoms with Crippen molar-refractivity contribution < 1.29 is 22.7 Å². The third kappa shape index (κ3) is 4.13.